The SMILES string of the molecule is C[C@H](O)[C@@H]1C[C@H]1c1ccc(C(F)(F)F)cc1. The molecule has 2 rings (SSSR count). The van der Waals surface area contributed by atoms with Gasteiger partial charge in [-0.25, -0.2) is 0 Å². The molecule has 0 spiro atoms. The third kappa shape index (κ3) is 2.21. The van der Waals surface area contributed by atoms with Crippen molar-refractivity contribution in [1.82, 2.24) is 0 Å². The van der Waals surface area contributed by atoms with Gasteiger partial charge in [-0.3, -0.25) is 0 Å². The Morgan fingerprint density at radius 3 is 2.19 bits per heavy atom. The number of hydrogen-bond acceptors (Lipinski definition) is 1. The zero-order valence-corrected chi connectivity index (χ0v) is 8.83. The van der Waals surface area contributed by atoms with Gasteiger partial charge >= 0.3 is 6.18 Å². The van der Waals surface area contributed by atoms with Crippen LogP contribution in [-0.4, -0.2) is 11.2 Å². The zero-order valence-electron chi connectivity index (χ0n) is 8.83. The summed E-state index contributed by atoms with van der Waals surface area (Å²) in [6, 6.07) is 5.23. The Balaban J connectivity index is 2.10. The second kappa shape index (κ2) is 3.77. The summed E-state index contributed by atoms with van der Waals surface area (Å²) in [5.74, 6) is 0.430. The van der Waals surface area contributed by atoms with Crippen LogP contribution in [0.2, 0.25) is 0 Å². The van der Waals surface area contributed by atoms with E-state index in [0.29, 0.717) is 0 Å². The number of alkyl halides is 3. The second-order valence-corrected chi connectivity index (χ2v) is 4.37. The van der Waals surface area contributed by atoms with E-state index < -0.39 is 11.7 Å². The summed E-state index contributed by atoms with van der Waals surface area (Å²) >= 11 is 0. The van der Waals surface area contributed by atoms with E-state index in [4.69, 9.17) is 0 Å². The summed E-state index contributed by atoms with van der Waals surface area (Å²) in [4.78, 5) is 0. The standard InChI is InChI=1S/C12H13F3O/c1-7(16)10-6-11(10)8-2-4-9(5-3-8)12(13,14)15/h2-5,7,10-11,16H,6H2,1H3/t7-,10-,11-/m0/s1. The van der Waals surface area contributed by atoms with E-state index in [2.05, 4.69) is 0 Å². The summed E-state index contributed by atoms with van der Waals surface area (Å²) in [6.07, 6.45) is -3.79. The van der Waals surface area contributed by atoms with E-state index in [1.54, 1.807) is 6.92 Å². The first-order chi connectivity index (χ1) is 7.39. The normalized spacial score (nSPS) is 26.6. The van der Waals surface area contributed by atoms with Crippen molar-refractivity contribution in [2.24, 2.45) is 5.92 Å². The Morgan fingerprint density at radius 2 is 1.81 bits per heavy atom. The number of benzene rings is 1. The molecule has 3 atom stereocenters. The van der Waals surface area contributed by atoms with Crippen LogP contribution in [0.4, 0.5) is 13.2 Å². The molecule has 0 aliphatic heterocycles. The largest absolute Gasteiger partial charge is 0.416 e. The predicted molar refractivity (Wildman–Crippen MR) is 54.0 cm³/mol. The van der Waals surface area contributed by atoms with Crippen molar-refractivity contribution in [3.05, 3.63) is 35.4 Å². The highest BCUT2D eigenvalue weighted by molar-refractivity contribution is 5.31. The Bertz CT molecular complexity index is 367. The van der Waals surface area contributed by atoms with Gasteiger partial charge in [0.15, 0.2) is 0 Å². The molecule has 0 saturated heterocycles. The van der Waals surface area contributed by atoms with Crippen molar-refractivity contribution in [2.45, 2.75) is 31.5 Å². The van der Waals surface area contributed by atoms with Gasteiger partial charge < -0.3 is 5.11 Å². The highest BCUT2D eigenvalue weighted by Crippen LogP contribution is 2.49. The topological polar surface area (TPSA) is 20.2 Å². The van der Waals surface area contributed by atoms with Crippen LogP contribution in [0.25, 0.3) is 0 Å². The fourth-order valence-electron chi connectivity index (χ4n) is 2.05. The Hall–Kier alpha value is -1.03. The maximum atomic E-state index is 12.3. The smallest absolute Gasteiger partial charge is 0.393 e. The molecular formula is C12H13F3O. The second-order valence-electron chi connectivity index (χ2n) is 4.37. The number of aliphatic hydroxyl groups excluding tert-OH is 1. The van der Waals surface area contributed by atoms with Gasteiger partial charge in [-0.05, 0) is 42.9 Å². The average molecular weight is 230 g/mol. The fraction of sp³-hybridized carbons (Fsp3) is 0.500. The van der Waals surface area contributed by atoms with Gasteiger partial charge in [0.25, 0.3) is 0 Å². The van der Waals surface area contributed by atoms with Gasteiger partial charge in [-0.1, -0.05) is 12.1 Å². The molecule has 0 aromatic heterocycles. The van der Waals surface area contributed by atoms with Crippen LogP contribution in [0, 0.1) is 5.92 Å². The Morgan fingerprint density at radius 1 is 1.25 bits per heavy atom. The minimum Gasteiger partial charge on any atom is -0.393 e. The minimum atomic E-state index is -4.27. The van der Waals surface area contributed by atoms with Crippen molar-refractivity contribution in [2.75, 3.05) is 0 Å². The van der Waals surface area contributed by atoms with E-state index in [0.717, 1.165) is 24.1 Å². The molecule has 1 N–H and O–H groups in total. The first-order valence-corrected chi connectivity index (χ1v) is 5.25. The van der Waals surface area contributed by atoms with Crippen LogP contribution in [0.1, 0.15) is 30.4 Å². The van der Waals surface area contributed by atoms with Crippen LogP contribution >= 0.6 is 0 Å². The van der Waals surface area contributed by atoms with Gasteiger partial charge in [0, 0.05) is 0 Å². The van der Waals surface area contributed by atoms with Crippen LogP contribution in [0.15, 0.2) is 24.3 Å². The van der Waals surface area contributed by atoms with E-state index in [-0.39, 0.29) is 17.9 Å². The number of hydrogen-bond donors (Lipinski definition) is 1. The van der Waals surface area contributed by atoms with E-state index in [1.165, 1.54) is 12.1 Å². The third-order valence-electron chi connectivity index (χ3n) is 3.13. The molecule has 0 bridgehead atoms. The quantitative estimate of drug-likeness (QED) is 0.827. The third-order valence-corrected chi connectivity index (χ3v) is 3.13. The molecule has 0 unspecified atom stereocenters. The molecule has 1 aliphatic rings. The summed E-state index contributed by atoms with van der Waals surface area (Å²) in [7, 11) is 0. The molecule has 16 heavy (non-hydrogen) atoms. The van der Waals surface area contributed by atoms with Crippen molar-refractivity contribution in [3.63, 3.8) is 0 Å². The highest BCUT2D eigenvalue weighted by atomic mass is 19.4. The molecule has 1 aromatic rings. The van der Waals surface area contributed by atoms with Crippen LogP contribution in [-0.2, 0) is 6.18 Å². The lowest BCUT2D eigenvalue weighted by molar-refractivity contribution is -0.137. The molecule has 4 heteroatoms. The van der Waals surface area contributed by atoms with Crippen LogP contribution in [0.3, 0.4) is 0 Å². The fourth-order valence-corrected chi connectivity index (χ4v) is 2.05. The summed E-state index contributed by atoms with van der Waals surface area (Å²) in [5, 5.41) is 9.33. The van der Waals surface area contributed by atoms with Gasteiger partial charge in [-0.15, -0.1) is 0 Å². The average Bonchev–Trinajstić information content (AvgIpc) is 2.96. The maximum Gasteiger partial charge on any atom is 0.416 e. The number of rotatable bonds is 2. The van der Waals surface area contributed by atoms with E-state index in [9.17, 15) is 18.3 Å². The van der Waals surface area contributed by atoms with Gasteiger partial charge in [0.2, 0.25) is 0 Å². The Kier molecular flexibility index (Phi) is 2.70. The molecule has 1 saturated carbocycles. The molecule has 0 radical (unpaired) electrons. The van der Waals surface area contributed by atoms with Gasteiger partial charge in [-0.2, -0.15) is 13.2 Å². The number of halogens is 3. The molecule has 0 heterocycles. The van der Waals surface area contributed by atoms with Crippen LogP contribution in [0.5, 0.6) is 0 Å². The van der Waals surface area contributed by atoms with Crippen molar-refractivity contribution in [3.8, 4) is 0 Å². The maximum absolute atomic E-state index is 12.3. The number of aliphatic hydroxyl groups is 1. The summed E-state index contributed by atoms with van der Waals surface area (Å²) in [6.45, 7) is 1.72. The zero-order chi connectivity index (χ0) is 11.9. The minimum absolute atomic E-state index is 0.205. The first kappa shape index (κ1) is 11.5. The molecule has 88 valence electrons. The predicted octanol–water partition coefficient (Wildman–Crippen LogP) is 3.19. The molecule has 1 aliphatic carbocycles. The van der Waals surface area contributed by atoms with Gasteiger partial charge in [0.1, 0.15) is 0 Å². The summed E-state index contributed by atoms with van der Waals surface area (Å²) in [5.41, 5.74) is 0.268. The Labute approximate surface area is 91.9 Å². The highest BCUT2D eigenvalue weighted by Gasteiger charge is 2.41. The van der Waals surface area contributed by atoms with Gasteiger partial charge in [0.05, 0.1) is 11.7 Å². The molecule has 1 aromatic carbocycles. The van der Waals surface area contributed by atoms with Crippen molar-refractivity contribution >= 4 is 0 Å². The molecular weight excluding hydrogens is 217 g/mol. The van der Waals surface area contributed by atoms with Crippen molar-refractivity contribution in [1.29, 1.82) is 0 Å². The molecule has 0 amide bonds. The monoisotopic (exact) mass is 230 g/mol. The lowest BCUT2D eigenvalue weighted by Gasteiger charge is -2.08. The van der Waals surface area contributed by atoms with Crippen LogP contribution < -0.4 is 0 Å². The molecule has 1 fully saturated rings. The molecule has 1 nitrogen and oxygen atoms in total. The van der Waals surface area contributed by atoms with E-state index >= 15 is 0 Å². The first-order valence-electron chi connectivity index (χ1n) is 5.25. The lowest BCUT2D eigenvalue weighted by atomic mass is 10.1. The van der Waals surface area contributed by atoms with Crippen molar-refractivity contribution < 1.29 is 18.3 Å². The lowest BCUT2D eigenvalue weighted by Crippen LogP contribution is -2.05. The summed E-state index contributed by atoms with van der Waals surface area (Å²) < 4.78 is 36.9. The van der Waals surface area contributed by atoms with E-state index in [1.807, 2.05) is 0 Å².